The van der Waals surface area contributed by atoms with E-state index >= 15 is 0 Å². The minimum Gasteiger partial charge on any atom is -0.316 e. The van der Waals surface area contributed by atoms with Gasteiger partial charge in [-0.1, -0.05) is 13.8 Å². The normalized spacial score (nSPS) is 36.9. The smallest absolute Gasteiger partial charge is 0.0114 e. The Bertz CT molecular complexity index is 227. The predicted octanol–water partition coefficient (Wildman–Crippen LogP) is 2.35. The zero-order valence-corrected chi connectivity index (χ0v) is 11.4. The van der Waals surface area contributed by atoms with Gasteiger partial charge in [0.2, 0.25) is 0 Å². The van der Waals surface area contributed by atoms with Crippen molar-refractivity contribution in [3.63, 3.8) is 0 Å². The first-order valence-corrected chi connectivity index (χ1v) is 7.06. The van der Waals surface area contributed by atoms with E-state index in [0.717, 1.165) is 29.8 Å². The van der Waals surface area contributed by atoms with Gasteiger partial charge in [-0.25, -0.2) is 0 Å². The van der Waals surface area contributed by atoms with Gasteiger partial charge in [-0.15, -0.1) is 0 Å². The molecule has 2 aliphatic rings. The predicted molar refractivity (Wildman–Crippen MR) is 69.6 cm³/mol. The average molecular weight is 224 g/mol. The molecule has 0 aromatic carbocycles. The molecule has 0 radical (unpaired) electrons. The molecule has 0 bridgehead atoms. The molecule has 4 unspecified atom stereocenters. The topological polar surface area (TPSA) is 15.3 Å². The molecule has 2 heteroatoms. The van der Waals surface area contributed by atoms with Crippen molar-refractivity contribution in [1.82, 2.24) is 10.2 Å². The van der Waals surface area contributed by atoms with Crippen LogP contribution >= 0.6 is 0 Å². The number of hydrogen-bond acceptors (Lipinski definition) is 2. The highest BCUT2D eigenvalue weighted by Gasteiger charge is 2.42. The van der Waals surface area contributed by atoms with Crippen LogP contribution in [0.25, 0.3) is 0 Å². The molecule has 4 atom stereocenters. The standard InChI is InChI=1S/C14H28N2/c1-10(2)5-6-11(3)16-9-13-7-15-8-14(13)12(16)4/h10-15H,5-9H2,1-4H3. The van der Waals surface area contributed by atoms with Crippen LogP contribution in [0.5, 0.6) is 0 Å². The summed E-state index contributed by atoms with van der Waals surface area (Å²) in [5, 5.41) is 3.54. The largest absolute Gasteiger partial charge is 0.316 e. The van der Waals surface area contributed by atoms with Gasteiger partial charge >= 0.3 is 0 Å². The van der Waals surface area contributed by atoms with Crippen molar-refractivity contribution in [1.29, 1.82) is 0 Å². The molecule has 94 valence electrons. The molecular formula is C14H28N2. The van der Waals surface area contributed by atoms with Crippen LogP contribution in [0.1, 0.15) is 40.5 Å². The molecule has 0 spiro atoms. The minimum absolute atomic E-state index is 0.781. The monoisotopic (exact) mass is 224 g/mol. The van der Waals surface area contributed by atoms with Gasteiger partial charge in [0.15, 0.2) is 0 Å². The van der Waals surface area contributed by atoms with Crippen molar-refractivity contribution in [2.45, 2.75) is 52.6 Å². The van der Waals surface area contributed by atoms with Gasteiger partial charge in [-0.2, -0.15) is 0 Å². The molecule has 2 aliphatic heterocycles. The van der Waals surface area contributed by atoms with Crippen molar-refractivity contribution in [3.05, 3.63) is 0 Å². The highest BCUT2D eigenvalue weighted by molar-refractivity contribution is 4.97. The highest BCUT2D eigenvalue weighted by Crippen LogP contribution is 2.34. The Morgan fingerprint density at radius 2 is 1.94 bits per heavy atom. The lowest BCUT2D eigenvalue weighted by molar-refractivity contribution is 0.167. The molecule has 0 saturated carbocycles. The molecule has 2 fully saturated rings. The Kier molecular flexibility index (Phi) is 3.91. The maximum absolute atomic E-state index is 3.54. The van der Waals surface area contributed by atoms with Crippen molar-refractivity contribution in [3.8, 4) is 0 Å². The summed E-state index contributed by atoms with van der Waals surface area (Å²) < 4.78 is 0. The lowest BCUT2D eigenvalue weighted by atomic mass is 9.95. The number of nitrogens with one attached hydrogen (secondary N) is 1. The number of likely N-dealkylation sites (tertiary alicyclic amines) is 1. The second kappa shape index (κ2) is 5.05. The summed E-state index contributed by atoms with van der Waals surface area (Å²) in [5.41, 5.74) is 0. The summed E-state index contributed by atoms with van der Waals surface area (Å²) in [7, 11) is 0. The SMILES string of the molecule is CC(C)CCC(C)N1CC2CNCC2C1C. The highest BCUT2D eigenvalue weighted by atomic mass is 15.2. The summed E-state index contributed by atoms with van der Waals surface area (Å²) in [6, 6.07) is 1.57. The number of rotatable bonds is 4. The van der Waals surface area contributed by atoms with E-state index in [4.69, 9.17) is 0 Å². The summed E-state index contributed by atoms with van der Waals surface area (Å²) >= 11 is 0. The summed E-state index contributed by atoms with van der Waals surface area (Å²) in [6.07, 6.45) is 2.74. The summed E-state index contributed by atoms with van der Waals surface area (Å²) in [4.78, 5) is 2.76. The maximum atomic E-state index is 3.54. The van der Waals surface area contributed by atoms with E-state index in [1.54, 1.807) is 0 Å². The fourth-order valence-corrected chi connectivity index (χ4v) is 3.52. The van der Waals surface area contributed by atoms with Gasteiger partial charge in [0.1, 0.15) is 0 Å². The molecule has 0 aliphatic carbocycles. The Morgan fingerprint density at radius 3 is 2.56 bits per heavy atom. The average Bonchev–Trinajstić information content (AvgIpc) is 2.78. The van der Waals surface area contributed by atoms with Gasteiger partial charge < -0.3 is 5.32 Å². The van der Waals surface area contributed by atoms with Crippen molar-refractivity contribution in [2.24, 2.45) is 17.8 Å². The molecule has 2 heterocycles. The fraction of sp³-hybridized carbons (Fsp3) is 1.00. The van der Waals surface area contributed by atoms with E-state index in [0.29, 0.717) is 0 Å². The van der Waals surface area contributed by atoms with Gasteiger partial charge in [-0.05, 0) is 57.5 Å². The van der Waals surface area contributed by atoms with Crippen molar-refractivity contribution in [2.75, 3.05) is 19.6 Å². The quantitative estimate of drug-likeness (QED) is 0.788. The van der Waals surface area contributed by atoms with Crippen LogP contribution in [-0.4, -0.2) is 36.6 Å². The van der Waals surface area contributed by atoms with E-state index in [-0.39, 0.29) is 0 Å². The second-order valence-electron chi connectivity index (χ2n) is 6.34. The Balaban J connectivity index is 1.86. The number of nitrogens with zero attached hydrogens (tertiary/aromatic N) is 1. The second-order valence-corrected chi connectivity index (χ2v) is 6.34. The third kappa shape index (κ3) is 2.43. The van der Waals surface area contributed by atoms with Gasteiger partial charge in [0.05, 0.1) is 0 Å². The lowest BCUT2D eigenvalue weighted by Gasteiger charge is -2.31. The first-order valence-electron chi connectivity index (χ1n) is 7.06. The number of fused-ring (bicyclic) bond motifs is 1. The number of hydrogen-bond donors (Lipinski definition) is 1. The van der Waals surface area contributed by atoms with E-state index < -0.39 is 0 Å². The van der Waals surface area contributed by atoms with Crippen LogP contribution in [0, 0.1) is 17.8 Å². The molecular weight excluding hydrogens is 196 g/mol. The molecule has 2 saturated heterocycles. The van der Waals surface area contributed by atoms with E-state index in [1.165, 1.54) is 32.5 Å². The van der Waals surface area contributed by atoms with E-state index in [2.05, 4.69) is 37.9 Å². The van der Waals surface area contributed by atoms with Gasteiger partial charge in [-0.3, -0.25) is 4.90 Å². The van der Waals surface area contributed by atoms with Crippen LogP contribution < -0.4 is 5.32 Å². The van der Waals surface area contributed by atoms with Crippen molar-refractivity contribution >= 4 is 0 Å². The molecule has 2 rings (SSSR count). The molecule has 1 N–H and O–H groups in total. The van der Waals surface area contributed by atoms with Crippen LogP contribution in [0.2, 0.25) is 0 Å². The minimum atomic E-state index is 0.781. The Hall–Kier alpha value is -0.0800. The third-order valence-corrected chi connectivity index (χ3v) is 4.71. The molecule has 16 heavy (non-hydrogen) atoms. The van der Waals surface area contributed by atoms with Crippen LogP contribution in [0.15, 0.2) is 0 Å². The molecule has 0 amide bonds. The molecule has 2 nitrogen and oxygen atoms in total. The van der Waals surface area contributed by atoms with E-state index in [9.17, 15) is 0 Å². The van der Waals surface area contributed by atoms with E-state index in [1.807, 2.05) is 0 Å². The van der Waals surface area contributed by atoms with Crippen LogP contribution in [0.4, 0.5) is 0 Å². The zero-order chi connectivity index (χ0) is 11.7. The first-order chi connectivity index (χ1) is 7.59. The summed E-state index contributed by atoms with van der Waals surface area (Å²) in [6.45, 7) is 13.4. The molecule has 0 aromatic heterocycles. The summed E-state index contributed by atoms with van der Waals surface area (Å²) in [5.74, 6) is 2.69. The Morgan fingerprint density at radius 1 is 1.19 bits per heavy atom. The lowest BCUT2D eigenvalue weighted by Crippen LogP contribution is -2.39. The first kappa shape index (κ1) is 12.4. The third-order valence-electron chi connectivity index (χ3n) is 4.71. The van der Waals surface area contributed by atoms with Crippen molar-refractivity contribution < 1.29 is 0 Å². The maximum Gasteiger partial charge on any atom is 0.0114 e. The van der Waals surface area contributed by atoms with Gasteiger partial charge in [0, 0.05) is 18.6 Å². The molecule has 0 aromatic rings. The fourth-order valence-electron chi connectivity index (χ4n) is 3.52. The Labute approximate surface area is 101 Å². The van der Waals surface area contributed by atoms with Gasteiger partial charge in [0.25, 0.3) is 0 Å². The zero-order valence-electron chi connectivity index (χ0n) is 11.4. The van der Waals surface area contributed by atoms with Crippen LogP contribution in [-0.2, 0) is 0 Å². The van der Waals surface area contributed by atoms with Crippen LogP contribution in [0.3, 0.4) is 0 Å².